The summed E-state index contributed by atoms with van der Waals surface area (Å²) in [5.74, 6) is -0.429. The topological polar surface area (TPSA) is 49.4 Å². The van der Waals surface area contributed by atoms with Crippen molar-refractivity contribution in [2.45, 2.75) is 20.4 Å². The van der Waals surface area contributed by atoms with Gasteiger partial charge in [0.05, 0.1) is 10.7 Å². The molecule has 0 fully saturated rings. The molecule has 2 aromatic rings. The Bertz CT molecular complexity index is 716. The van der Waals surface area contributed by atoms with Gasteiger partial charge in [0.25, 0.3) is 0 Å². The van der Waals surface area contributed by atoms with E-state index >= 15 is 0 Å². The fraction of sp³-hybridized carbons (Fsp3) is 0.222. The summed E-state index contributed by atoms with van der Waals surface area (Å²) in [7, 11) is 0. The minimum Gasteiger partial charge on any atom is -0.329 e. The molecule has 4 nitrogen and oxygen atoms in total. The average molecular weight is 331 g/mol. The van der Waals surface area contributed by atoms with Crippen LogP contribution in [0.15, 0.2) is 48.5 Å². The molecule has 5 heteroatoms. The zero-order chi connectivity index (χ0) is 16.8. The first-order chi connectivity index (χ1) is 11.0. The van der Waals surface area contributed by atoms with Crippen LogP contribution in [0.5, 0.6) is 0 Å². The summed E-state index contributed by atoms with van der Waals surface area (Å²) in [5, 5.41) is 3.19. The highest BCUT2D eigenvalue weighted by atomic mass is 35.5. The number of carbonyl (C=O) groups excluding carboxylic acids is 2. The largest absolute Gasteiger partial charge is 0.329 e. The van der Waals surface area contributed by atoms with Crippen LogP contribution in [-0.2, 0) is 16.1 Å². The first-order valence-electron chi connectivity index (χ1n) is 7.31. The fourth-order valence-electron chi connectivity index (χ4n) is 2.24. The molecule has 2 amide bonds. The molecule has 1 N–H and O–H groups in total. The number of hydrogen-bond acceptors (Lipinski definition) is 2. The van der Waals surface area contributed by atoms with Crippen LogP contribution in [0.25, 0.3) is 0 Å². The first-order valence-corrected chi connectivity index (χ1v) is 7.69. The molecule has 0 unspecified atom stereocenters. The van der Waals surface area contributed by atoms with E-state index in [1.807, 2.05) is 31.2 Å². The van der Waals surface area contributed by atoms with Gasteiger partial charge in [-0.25, -0.2) is 0 Å². The van der Waals surface area contributed by atoms with Crippen LogP contribution >= 0.6 is 11.6 Å². The SMILES string of the molecule is CC(=O)N(CC(=O)Nc1ccccc1Cl)Cc1cccc(C)c1. The van der Waals surface area contributed by atoms with Crippen LogP contribution in [-0.4, -0.2) is 23.3 Å². The lowest BCUT2D eigenvalue weighted by Crippen LogP contribution is -2.36. The molecule has 0 radical (unpaired) electrons. The van der Waals surface area contributed by atoms with Crippen molar-refractivity contribution in [1.82, 2.24) is 4.90 Å². The van der Waals surface area contributed by atoms with Crippen molar-refractivity contribution >= 4 is 29.1 Å². The highest BCUT2D eigenvalue weighted by molar-refractivity contribution is 6.33. The maximum atomic E-state index is 12.2. The molecule has 2 aromatic carbocycles. The Labute approximate surface area is 141 Å². The molecule has 0 aliphatic carbocycles. The van der Waals surface area contributed by atoms with Crippen molar-refractivity contribution < 1.29 is 9.59 Å². The van der Waals surface area contributed by atoms with Gasteiger partial charge in [0.15, 0.2) is 0 Å². The van der Waals surface area contributed by atoms with Crippen LogP contribution in [0.4, 0.5) is 5.69 Å². The second-order valence-corrected chi connectivity index (χ2v) is 5.80. The van der Waals surface area contributed by atoms with Crippen LogP contribution in [0, 0.1) is 6.92 Å². The van der Waals surface area contributed by atoms with Crippen molar-refractivity contribution in [2.24, 2.45) is 0 Å². The van der Waals surface area contributed by atoms with E-state index in [-0.39, 0.29) is 18.4 Å². The summed E-state index contributed by atoms with van der Waals surface area (Å²) >= 11 is 6.02. The van der Waals surface area contributed by atoms with Gasteiger partial charge in [-0.2, -0.15) is 0 Å². The Morgan fingerprint density at radius 2 is 1.87 bits per heavy atom. The molecule has 0 aromatic heterocycles. The van der Waals surface area contributed by atoms with E-state index in [1.54, 1.807) is 24.3 Å². The minimum atomic E-state index is -0.277. The number of halogens is 1. The van der Waals surface area contributed by atoms with E-state index in [0.717, 1.165) is 11.1 Å². The summed E-state index contributed by atoms with van der Waals surface area (Å²) < 4.78 is 0. The van der Waals surface area contributed by atoms with Gasteiger partial charge in [0.1, 0.15) is 6.54 Å². The maximum absolute atomic E-state index is 12.2. The standard InChI is InChI=1S/C18H19ClN2O2/c1-13-6-5-7-15(10-13)11-21(14(2)22)12-18(23)20-17-9-4-3-8-16(17)19/h3-10H,11-12H2,1-2H3,(H,20,23). The summed E-state index contributed by atoms with van der Waals surface area (Å²) in [6.07, 6.45) is 0. The third-order valence-corrected chi connectivity index (χ3v) is 3.71. The summed E-state index contributed by atoms with van der Waals surface area (Å²) in [4.78, 5) is 25.5. The smallest absolute Gasteiger partial charge is 0.244 e. The van der Waals surface area contributed by atoms with Gasteiger partial charge in [0.2, 0.25) is 11.8 Å². The monoisotopic (exact) mass is 330 g/mol. The molecule has 0 spiro atoms. The first kappa shape index (κ1) is 17.0. The third-order valence-electron chi connectivity index (χ3n) is 3.38. The maximum Gasteiger partial charge on any atom is 0.244 e. The quantitative estimate of drug-likeness (QED) is 0.910. The second-order valence-electron chi connectivity index (χ2n) is 5.39. The van der Waals surface area contributed by atoms with Crippen molar-refractivity contribution in [2.75, 3.05) is 11.9 Å². The van der Waals surface area contributed by atoms with Crippen LogP contribution in [0.1, 0.15) is 18.1 Å². The number of benzene rings is 2. The normalized spacial score (nSPS) is 10.2. The number of nitrogens with one attached hydrogen (secondary N) is 1. The summed E-state index contributed by atoms with van der Waals surface area (Å²) in [6.45, 7) is 3.83. The lowest BCUT2D eigenvalue weighted by Gasteiger charge is -2.21. The molecule has 0 bridgehead atoms. The number of hydrogen-bond donors (Lipinski definition) is 1. The van der Waals surface area contributed by atoms with Gasteiger partial charge in [-0.3, -0.25) is 9.59 Å². The van der Waals surface area contributed by atoms with E-state index in [0.29, 0.717) is 17.3 Å². The van der Waals surface area contributed by atoms with Gasteiger partial charge in [-0.05, 0) is 24.6 Å². The number of aryl methyl sites for hydroxylation is 1. The molecule has 0 heterocycles. The molecule has 0 aliphatic heterocycles. The van der Waals surface area contributed by atoms with Crippen LogP contribution in [0.2, 0.25) is 5.02 Å². The van der Waals surface area contributed by atoms with Crippen LogP contribution in [0.3, 0.4) is 0 Å². The molecular formula is C18H19ClN2O2. The Balaban J connectivity index is 2.03. The number of nitrogens with zero attached hydrogens (tertiary/aromatic N) is 1. The zero-order valence-electron chi connectivity index (χ0n) is 13.2. The number of para-hydroxylation sites is 1. The predicted octanol–water partition coefficient (Wildman–Crippen LogP) is 3.64. The lowest BCUT2D eigenvalue weighted by molar-refractivity contribution is -0.133. The van der Waals surface area contributed by atoms with E-state index in [1.165, 1.54) is 11.8 Å². The third kappa shape index (κ3) is 5.11. The van der Waals surface area contributed by atoms with Gasteiger partial charge in [-0.1, -0.05) is 53.6 Å². The average Bonchev–Trinajstić information content (AvgIpc) is 2.49. The molecule has 0 aliphatic rings. The number of rotatable bonds is 5. The van der Waals surface area contributed by atoms with E-state index < -0.39 is 0 Å². The Hall–Kier alpha value is -2.33. The molecule has 120 valence electrons. The van der Waals surface area contributed by atoms with Gasteiger partial charge in [0, 0.05) is 13.5 Å². The highest BCUT2D eigenvalue weighted by Crippen LogP contribution is 2.20. The highest BCUT2D eigenvalue weighted by Gasteiger charge is 2.15. The van der Waals surface area contributed by atoms with Crippen molar-refractivity contribution in [3.05, 3.63) is 64.7 Å². The zero-order valence-corrected chi connectivity index (χ0v) is 13.9. The Morgan fingerprint density at radius 3 is 2.52 bits per heavy atom. The van der Waals surface area contributed by atoms with Crippen molar-refractivity contribution in [3.8, 4) is 0 Å². The molecule has 23 heavy (non-hydrogen) atoms. The number of amides is 2. The molecule has 2 rings (SSSR count). The minimum absolute atomic E-state index is 0.0193. The van der Waals surface area contributed by atoms with Crippen LogP contribution < -0.4 is 5.32 Å². The molecule has 0 saturated carbocycles. The van der Waals surface area contributed by atoms with E-state index in [9.17, 15) is 9.59 Å². The molecule has 0 atom stereocenters. The van der Waals surface area contributed by atoms with Crippen molar-refractivity contribution in [3.63, 3.8) is 0 Å². The Morgan fingerprint density at radius 1 is 1.13 bits per heavy atom. The van der Waals surface area contributed by atoms with Gasteiger partial charge in [-0.15, -0.1) is 0 Å². The predicted molar refractivity (Wildman–Crippen MR) is 92.4 cm³/mol. The summed E-state index contributed by atoms with van der Waals surface area (Å²) in [6, 6.07) is 14.9. The van der Waals surface area contributed by atoms with Gasteiger partial charge < -0.3 is 10.2 Å². The van der Waals surface area contributed by atoms with Gasteiger partial charge >= 0.3 is 0 Å². The van der Waals surface area contributed by atoms with E-state index in [2.05, 4.69) is 5.32 Å². The second kappa shape index (κ2) is 7.79. The fourth-order valence-corrected chi connectivity index (χ4v) is 2.42. The van der Waals surface area contributed by atoms with Crippen molar-refractivity contribution in [1.29, 1.82) is 0 Å². The summed E-state index contributed by atoms with van der Waals surface area (Å²) in [5.41, 5.74) is 2.65. The molecule has 0 saturated heterocycles. The lowest BCUT2D eigenvalue weighted by atomic mass is 10.1. The number of carbonyl (C=O) groups is 2. The van der Waals surface area contributed by atoms with E-state index in [4.69, 9.17) is 11.6 Å². The Kier molecular flexibility index (Phi) is 5.77. The number of anilines is 1. The molecular weight excluding hydrogens is 312 g/mol.